The van der Waals surface area contributed by atoms with Gasteiger partial charge in [-0.25, -0.2) is 4.39 Å². The Hall–Kier alpha value is -2.69. The monoisotopic (exact) mass is 314 g/mol. The number of rotatable bonds is 5. The summed E-state index contributed by atoms with van der Waals surface area (Å²) in [5.74, 6) is -1.19. The molecular weight excluding hydrogens is 295 g/mol. The van der Waals surface area contributed by atoms with Gasteiger partial charge < -0.3 is 10.6 Å². The minimum absolute atomic E-state index is 0.0819. The Morgan fingerprint density at radius 2 is 1.70 bits per heavy atom. The number of benzene rings is 2. The zero-order chi connectivity index (χ0) is 16.8. The first kappa shape index (κ1) is 16.7. The predicted molar refractivity (Wildman–Crippen MR) is 87.9 cm³/mol. The number of nitrogens with one attached hydrogen (secondary N) is 2. The predicted octanol–water partition coefficient (Wildman–Crippen LogP) is 3.32. The van der Waals surface area contributed by atoms with Gasteiger partial charge in [0.2, 0.25) is 5.91 Å². The standard InChI is InChI=1S/C18H19FN2O2/c1-12(2)13-7-9-14(10-8-13)21-17(22)11-20-18(23)15-5-3-4-6-16(15)19/h3-10,12H,11H2,1-2H3,(H,20,23)(H,21,22). The zero-order valence-corrected chi connectivity index (χ0v) is 13.1. The van der Waals surface area contributed by atoms with Gasteiger partial charge in [0, 0.05) is 5.69 Å². The van der Waals surface area contributed by atoms with Crippen LogP contribution in [0.25, 0.3) is 0 Å². The largest absolute Gasteiger partial charge is 0.343 e. The van der Waals surface area contributed by atoms with Gasteiger partial charge in [-0.2, -0.15) is 0 Å². The Balaban J connectivity index is 1.88. The lowest BCUT2D eigenvalue weighted by Gasteiger charge is -2.09. The van der Waals surface area contributed by atoms with Crippen molar-refractivity contribution in [3.05, 3.63) is 65.5 Å². The fourth-order valence-corrected chi connectivity index (χ4v) is 2.06. The van der Waals surface area contributed by atoms with E-state index in [1.807, 2.05) is 24.3 Å². The van der Waals surface area contributed by atoms with Gasteiger partial charge in [0.15, 0.2) is 0 Å². The highest BCUT2D eigenvalue weighted by Gasteiger charge is 2.12. The van der Waals surface area contributed by atoms with Crippen LogP contribution in [0.15, 0.2) is 48.5 Å². The van der Waals surface area contributed by atoms with Crippen molar-refractivity contribution >= 4 is 17.5 Å². The molecule has 2 rings (SSSR count). The fourth-order valence-electron chi connectivity index (χ4n) is 2.06. The van der Waals surface area contributed by atoms with Crippen LogP contribution in [0, 0.1) is 5.82 Å². The van der Waals surface area contributed by atoms with E-state index in [1.54, 1.807) is 6.07 Å². The van der Waals surface area contributed by atoms with Crippen LogP contribution in [-0.4, -0.2) is 18.4 Å². The number of halogens is 1. The van der Waals surface area contributed by atoms with Crippen LogP contribution < -0.4 is 10.6 Å². The first-order valence-electron chi connectivity index (χ1n) is 7.40. The number of amides is 2. The highest BCUT2D eigenvalue weighted by atomic mass is 19.1. The summed E-state index contributed by atoms with van der Waals surface area (Å²) in [6, 6.07) is 13.1. The summed E-state index contributed by atoms with van der Waals surface area (Å²) in [7, 11) is 0. The van der Waals surface area contributed by atoms with Crippen LogP contribution in [0.3, 0.4) is 0 Å². The highest BCUT2D eigenvalue weighted by molar-refractivity contribution is 5.99. The molecule has 23 heavy (non-hydrogen) atoms. The minimum atomic E-state index is -0.617. The lowest BCUT2D eigenvalue weighted by molar-refractivity contribution is -0.115. The summed E-state index contributed by atoms with van der Waals surface area (Å²) >= 11 is 0. The van der Waals surface area contributed by atoms with E-state index in [0.717, 1.165) is 0 Å². The van der Waals surface area contributed by atoms with Gasteiger partial charge in [-0.3, -0.25) is 9.59 Å². The maximum atomic E-state index is 13.5. The van der Waals surface area contributed by atoms with Crippen molar-refractivity contribution in [3.8, 4) is 0 Å². The Morgan fingerprint density at radius 1 is 1.04 bits per heavy atom. The summed E-state index contributed by atoms with van der Waals surface area (Å²) < 4.78 is 13.5. The van der Waals surface area contributed by atoms with Gasteiger partial charge in [0.25, 0.3) is 5.91 Å². The molecule has 0 aromatic heterocycles. The second-order valence-electron chi connectivity index (χ2n) is 5.49. The number of anilines is 1. The molecule has 0 heterocycles. The van der Waals surface area contributed by atoms with Gasteiger partial charge in [0.1, 0.15) is 5.82 Å². The lowest BCUT2D eigenvalue weighted by Crippen LogP contribution is -2.33. The van der Waals surface area contributed by atoms with Gasteiger partial charge in [-0.15, -0.1) is 0 Å². The second kappa shape index (κ2) is 7.54. The SMILES string of the molecule is CC(C)c1ccc(NC(=O)CNC(=O)c2ccccc2F)cc1. The molecule has 0 saturated carbocycles. The summed E-state index contributed by atoms with van der Waals surface area (Å²) in [6.45, 7) is 3.96. The van der Waals surface area contributed by atoms with Crippen molar-refractivity contribution in [3.63, 3.8) is 0 Å². The Morgan fingerprint density at radius 3 is 2.30 bits per heavy atom. The Labute approximate surface area is 134 Å². The zero-order valence-electron chi connectivity index (χ0n) is 13.1. The Kier molecular flexibility index (Phi) is 5.46. The number of carbonyl (C=O) groups is 2. The third kappa shape index (κ3) is 4.64. The lowest BCUT2D eigenvalue weighted by atomic mass is 10.0. The maximum absolute atomic E-state index is 13.5. The molecule has 2 aromatic rings. The molecule has 0 atom stereocenters. The van der Waals surface area contributed by atoms with E-state index < -0.39 is 11.7 Å². The topological polar surface area (TPSA) is 58.2 Å². The fraction of sp³-hybridized carbons (Fsp3) is 0.222. The summed E-state index contributed by atoms with van der Waals surface area (Å²) in [5, 5.41) is 5.08. The molecule has 0 spiro atoms. The first-order chi connectivity index (χ1) is 11.0. The quantitative estimate of drug-likeness (QED) is 0.889. The normalized spacial score (nSPS) is 10.4. The molecule has 0 fully saturated rings. The van der Waals surface area contributed by atoms with E-state index >= 15 is 0 Å². The van der Waals surface area contributed by atoms with E-state index in [0.29, 0.717) is 11.6 Å². The van der Waals surface area contributed by atoms with Crippen LogP contribution in [0.1, 0.15) is 35.7 Å². The molecule has 0 saturated heterocycles. The average Bonchev–Trinajstić information content (AvgIpc) is 2.53. The Bertz CT molecular complexity index is 696. The van der Waals surface area contributed by atoms with Crippen LogP contribution in [0.4, 0.5) is 10.1 Å². The van der Waals surface area contributed by atoms with Gasteiger partial charge in [0.05, 0.1) is 12.1 Å². The third-order valence-corrected chi connectivity index (χ3v) is 3.39. The summed E-state index contributed by atoms with van der Waals surface area (Å²) in [4.78, 5) is 23.6. The minimum Gasteiger partial charge on any atom is -0.343 e. The van der Waals surface area contributed by atoms with Crippen molar-refractivity contribution in [2.24, 2.45) is 0 Å². The number of carbonyl (C=O) groups excluding carboxylic acids is 2. The number of hydrogen-bond acceptors (Lipinski definition) is 2. The smallest absolute Gasteiger partial charge is 0.254 e. The van der Waals surface area contributed by atoms with Crippen LogP contribution in [0.2, 0.25) is 0 Å². The molecule has 120 valence electrons. The maximum Gasteiger partial charge on any atom is 0.254 e. The van der Waals surface area contributed by atoms with Crippen molar-refractivity contribution < 1.29 is 14.0 Å². The van der Waals surface area contributed by atoms with E-state index in [-0.39, 0.29) is 18.0 Å². The van der Waals surface area contributed by atoms with Crippen molar-refractivity contribution in [2.45, 2.75) is 19.8 Å². The average molecular weight is 314 g/mol. The molecule has 5 heteroatoms. The molecule has 0 aliphatic rings. The molecule has 0 aliphatic heterocycles. The van der Waals surface area contributed by atoms with Gasteiger partial charge in [-0.05, 0) is 35.7 Å². The molecule has 0 radical (unpaired) electrons. The van der Waals surface area contributed by atoms with Gasteiger partial charge >= 0.3 is 0 Å². The van der Waals surface area contributed by atoms with Crippen LogP contribution in [-0.2, 0) is 4.79 Å². The molecule has 0 aliphatic carbocycles. The molecular formula is C18H19FN2O2. The van der Waals surface area contributed by atoms with Gasteiger partial charge in [-0.1, -0.05) is 38.1 Å². The van der Waals surface area contributed by atoms with E-state index in [4.69, 9.17) is 0 Å². The van der Waals surface area contributed by atoms with Crippen LogP contribution >= 0.6 is 0 Å². The van der Waals surface area contributed by atoms with E-state index in [9.17, 15) is 14.0 Å². The van der Waals surface area contributed by atoms with E-state index in [1.165, 1.54) is 23.8 Å². The van der Waals surface area contributed by atoms with Crippen molar-refractivity contribution in [2.75, 3.05) is 11.9 Å². The second-order valence-corrected chi connectivity index (χ2v) is 5.49. The molecule has 0 unspecified atom stereocenters. The molecule has 0 bridgehead atoms. The summed E-state index contributed by atoms with van der Waals surface area (Å²) in [5.41, 5.74) is 1.75. The van der Waals surface area contributed by atoms with Crippen LogP contribution in [0.5, 0.6) is 0 Å². The first-order valence-corrected chi connectivity index (χ1v) is 7.40. The number of hydrogen-bond donors (Lipinski definition) is 2. The molecule has 4 nitrogen and oxygen atoms in total. The van der Waals surface area contributed by atoms with Crippen molar-refractivity contribution in [1.82, 2.24) is 5.32 Å². The van der Waals surface area contributed by atoms with E-state index in [2.05, 4.69) is 24.5 Å². The highest BCUT2D eigenvalue weighted by Crippen LogP contribution is 2.16. The third-order valence-electron chi connectivity index (χ3n) is 3.39. The molecule has 2 amide bonds. The molecule has 2 N–H and O–H groups in total. The summed E-state index contributed by atoms with van der Waals surface area (Å²) in [6.07, 6.45) is 0. The molecule has 2 aromatic carbocycles. The van der Waals surface area contributed by atoms with Crippen molar-refractivity contribution in [1.29, 1.82) is 0 Å².